The van der Waals surface area contributed by atoms with Crippen LogP contribution in [0.1, 0.15) is 54.6 Å². The molecule has 1 N–H and O–H groups in total. The number of rotatable bonds is 6. The molecule has 0 spiro atoms. The smallest absolute Gasteiger partial charge is 0.338 e. The van der Waals surface area contributed by atoms with Gasteiger partial charge in [-0.05, 0) is 37.0 Å². The number of aryl methyl sites for hydroxylation is 1. The second-order valence-corrected chi connectivity index (χ2v) is 6.27. The first kappa shape index (κ1) is 17.2. The maximum atomic E-state index is 12.1. The summed E-state index contributed by atoms with van der Waals surface area (Å²) < 4.78 is 6.95. The van der Waals surface area contributed by atoms with E-state index in [2.05, 4.69) is 10.4 Å². The zero-order valence-electron chi connectivity index (χ0n) is 14.4. The molecule has 1 aromatic heterocycles. The van der Waals surface area contributed by atoms with Crippen LogP contribution in [-0.2, 0) is 16.0 Å². The summed E-state index contributed by atoms with van der Waals surface area (Å²) in [6.07, 6.45) is 7.11. The monoisotopic (exact) mass is 341 g/mol. The lowest BCUT2D eigenvalue weighted by atomic mass is 10.1. The predicted molar refractivity (Wildman–Crippen MR) is 94.5 cm³/mol. The lowest BCUT2D eigenvalue weighted by molar-refractivity contribution is -0.119. The average molecular weight is 341 g/mol. The number of ether oxygens (including phenoxy) is 1. The van der Waals surface area contributed by atoms with Crippen molar-refractivity contribution in [2.75, 3.05) is 11.9 Å². The summed E-state index contributed by atoms with van der Waals surface area (Å²) in [6, 6.07) is 9.31. The van der Waals surface area contributed by atoms with Gasteiger partial charge in [0.25, 0.3) is 5.91 Å². The second kappa shape index (κ2) is 7.96. The van der Waals surface area contributed by atoms with Crippen molar-refractivity contribution in [3.05, 3.63) is 47.7 Å². The van der Waals surface area contributed by atoms with Gasteiger partial charge in [-0.2, -0.15) is 5.10 Å². The average Bonchev–Trinajstić information content (AvgIpc) is 3.31. The molecule has 1 amide bonds. The molecule has 2 aromatic rings. The van der Waals surface area contributed by atoms with E-state index in [4.69, 9.17) is 4.74 Å². The molecule has 3 rings (SSSR count). The zero-order chi connectivity index (χ0) is 17.6. The van der Waals surface area contributed by atoms with Crippen molar-refractivity contribution >= 4 is 17.7 Å². The summed E-state index contributed by atoms with van der Waals surface area (Å²) in [6.45, 7) is 1.73. The molecule has 25 heavy (non-hydrogen) atoms. The van der Waals surface area contributed by atoms with Crippen molar-refractivity contribution < 1.29 is 14.3 Å². The topological polar surface area (TPSA) is 73.2 Å². The molecule has 1 fully saturated rings. The summed E-state index contributed by atoms with van der Waals surface area (Å²) in [4.78, 5) is 24.1. The Bertz CT molecular complexity index is 731. The van der Waals surface area contributed by atoms with Crippen molar-refractivity contribution in [3.63, 3.8) is 0 Å². The van der Waals surface area contributed by atoms with Gasteiger partial charge in [0.05, 0.1) is 17.8 Å². The number of anilines is 1. The Morgan fingerprint density at radius 1 is 1.20 bits per heavy atom. The third kappa shape index (κ3) is 4.26. The Morgan fingerprint density at radius 3 is 2.60 bits per heavy atom. The fourth-order valence-corrected chi connectivity index (χ4v) is 3.12. The van der Waals surface area contributed by atoms with Crippen molar-refractivity contribution in [3.8, 4) is 0 Å². The molecule has 0 saturated heterocycles. The lowest BCUT2D eigenvalue weighted by Gasteiger charge is -2.14. The molecule has 1 saturated carbocycles. The number of nitrogens with one attached hydrogen (secondary N) is 1. The Labute approximate surface area is 147 Å². The third-order valence-corrected chi connectivity index (χ3v) is 4.54. The van der Waals surface area contributed by atoms with Crippen LogP contribution in [0.5, 0.6) is 0 Å². The minimum absolute atomic E-state index is 0.315. The number of aromatic nitrogens is 2. The molecular formula is C19H23N3O3. The highest BCUT2D eigenvalue weighted by molar-refractivity contribution is 5.95. The maximum Gasteiger partial charge on any atom is 0.338 e. The summed E-state index contributed by atoms with van der Waals surface area (Å²) in [5.41, 5.74) is 1.59. The largest absolute Gasteiger partial charge is 0.452 e. The Morgan fingerprint density at radius 2 is 1.92 bits per heavy atom. The van der Waals surface area contributed by atoms with Gasteiger partial charge in [-0.25, -0.2) is 9.48 Å². The number of amides is 1. The molecule has 0 radical (unpaired) electrons. The quantitative estimate of drug-likeness (QED) is 0.818. The van der Waals surface area contributed by atoms with Gasteiger partial charge >= 0.3 is 5.97 Å². The van der Waals surface area contributed by atoms with Crippen LogP contribution in [0.4, 0.5) is 5.82 Å². The Balaban J connectivity index is 1.52. The van der Waals surface area contributed by atoms with E-state index >= 15 is 0 Å². The summed E-state index contributed by atoms with van der Waals surface area (Å²) >= 11 is 0. The van der Waals surface area contributed by atoms with Crippen LogP contribution in [-0.4, -0.2) is 28.3 Å². The summed E-state index contributed by atoms with van der Waals surface area (Å²) in [5, 5.41) is 7.08. The number of hydrogen-bond acceptors (Lipinski definition) is 4. The molecular weight excluding hydrogens is 318 g/mol. The minimum atomic E-state index is -0.498. The summed E-state index contributed by atoms with van der Waals surface area (Å²) in [7, 11) is 0. The molecule has 0 bridgehead atoms. The normalized spacial score (nSPS) is 14.4. The van der Waals surface area contributed by atoms with Crippen LogP contribution in [0.15, 0.2) is 36.5 Å². The summed E-state index contributed by atoms with van der Waals surface area (Å²) in [5.74, 6) is -0.208. The number of esters is 1. The van der Waals surface area contributed by atoms with Crippen LogP contribution < -0.4 is 5.32 Å². The van der Waals surface area contributed by atoms with Crippen LogP contribution in [0.3, 0.4) is 0 Å². The van der Waals surface area contributed by atoms with E-state index in [1.807, 2.05) is 23.7 Å². The van der Waals surface area contributed by atoms with E-state index in [9.17, 15) is 9.59 Å². The van der Waals surface area contributed by atoms with Gasteiger partial charge in [-0.1, -0.05) is 31.9 Å². The van der Waals surface area contributed by atoms with Crippen LogP contribution in [0, 0.1) is 0 Å². The highest BCUT2D eigenvalue weighted by atomic mass is 16.5. The molecule has 6 nitrogen and oxygen atoms in total. The van der Waals surface area contributed by atoms with Gasteiger partial charge in [0.1, 0.15) is 5.82 Å². The number of nitrogens with zero attached hydrogens (tertiary/aromatic N) is 2. The van der Waals surface area contributed by atoms with Crippen molar-refractivity contribution in [2.24, 2.45) is 0 Å². The fraction of sp³-hybridized carbons (Fsp3) is 0.421. The van der Waals surface area contributed by atoms with Crippen molar-refractivity contribution in [2.45, 2.75) is 45.1 Å². The van der Waals surface area contributed by atoms with Crippen LogP contribution >= 0.6 is 0 Å². The molecule has 0 atom stereocenters. The van der Waals surface area contributed by atoms with Gasteiger partial charge in [0, 0.05) is 6.07 Å². The third-order valence-electron chi connectivity index (χ3n) is 4.54. The predicted octanol–water partition coefficient (Wildman–Crippen LogP) is 3.36. The van der Waals surface area contributed by atoms with E-state index < -0.39 is 5.97 Å². The number of carbonyl (C=O) groups excluding carboxylic acids is 2. The van der Waals surface area contributed by atoms with E-state index in [1.54, 1.807) is 24.4 Å². The molecule has 0 aliphatic heterocycles. The molecule has 0 unspecified atom stereocenters. The first-order chi connectivity index (χ1) is 12.2. The van der Waals surface area contributed by atoms with E-state index in [0.29, 0.717) is 17.4 Å². The fourth-order valence-electron chi connectivity index (χ4n) is 3.12. The number of hydrogen-bond donors (Lipinski definition) is 1. The molecule has 1 aliphatic rings. The molecule has 1 aromatic carbocycles. The standard InChI is InChI=1S/C19H23N3O3/c1-2-14-7-9-15(10-8-14)19(24)25-13-18(23)21-17-11-12-20-22(17)16-5-3-4-6-16/h7-12,16H,2-6,13H2,1H3,(H,21,23). The highest BCUT2D eigenvalue weighted by Gasteiger charge is 2.20. The first-order valence-electron chi connectivity index (χ1n) is 8.77. The molecule has 132 valence electrons. The molecule has 6 heteroatoms. The minimum Gasteiger partial charge on any atom is -0.452 e. The highest BCUT2D eigenvalue weighted by Crippen LogP contribution is 2.31. The van der Waals surface area contributed by atoms with Gasteiger partial charge in [0.15, 0.2) is 6.61 Å². The van der Waals surface area contributed by atoms with Gasteiger partial charge < -0.3 is 10.1 Å². The molecule has 1 heterocycles. The lowest BCUT2D eigenvalue weighted by Crippen LogP contribution is -2.23. The zero-order valence-corrected chi connectivity index (χ0v) is 14.4. The van der Waals surface area contributed by atoms with E-state index in [1.165, 1.54) is 12.8 Å². The van der Waals surface area contributed by atoms with Crippen molar-refractivity contribution in [1.29, 1.82) is 0 Å². The van der Waals surface area contributed by atoms with Crippen molar-refractivity contribution in [1.82, 2.24) is 9.78 Å². The Hall–Kier alpha value is -2.63. The number of carbonyl (C=O) groups is 2. The van der Waals surface area contributed by atoms with Gasteiger partial charge in [-0.15, -0.1) is 0 Å². The van der Waals surface area contributed by atoms with Gasteiger partial charge in [0.2, 0.25) is 0 Å². The maximum absolute atomic E-state index is 12.1. The van der Waals surface area contributed by atoms with E-state index in [-0.39, 0.29) is 12.5 Å². The molecule has 1 aliphatic carbocycles. The Kier molecular flexibility index (Phi) is 5.48. The number of benzene rings is 1. The second-order valence-electron chi connectivity index (χ2n) is 6.27. The van der Waals surface area contributed by atoms with Crippen LogP contribution in [0.2, 0.25) is 0 Å². The van der Waals surface area contributed by atoms with E-state index in [0.717, 1.165) is 24.8 Å². The van der Waals surface area contributed by atoms with Crippen LogP contribution in [0.25, 0.3) is 0 Å². The van der Waals surface area contributed by atoms with Gasteiger partial charge in [-0.3, -0.25) is 4.79 Å². The SMILES string of the molecule is CCc1ccc(C(=O)OCC(=O)Nc2ccnn2C2CCCC2)cc1. The first-order valence-corrected chi connectivity index (χ1v) is 8.77.